The van der Waals surface area contributed by atoms with Crippen LogP contribution in [0.4, 0.5) is 52.3 Å². The third kappa shape index (κ3) is 27.6. The highest BCUT2D eigenvalue weighted by Crippen LogP contribution is 2.31. The van der Waals surface area contributed by atoms with Crippen molar-refractivity contribution in [2.45, 2.75) is 91.4 Å². The van der Waals surface area contributed by atoms with Crippen LogP contribution in [-0.2, 0) is 35.5 Å². The number of amidine groups is 1. The molecular formula is C80H90ClF4N16O4+. The number of aromatic nitrogens is 9. The SMILES string of the molecule is C.CCOC(=O)CCCCCCCN(c1cc(-c2ccc(F)cc2)ccn1)c1ccn(C)n1.CN1C=[C+]C(N)=N1.Cn1ccc(N(CCCCCCCC(=O)NO)c2cc(-c3ccc(F)cc3)ccn2)n1.Cn1ccc(Nc2cccc(-c3ccc(F)cc3)c2)n1.Fc1ccc(-c2ccnc(Cl)c2)cc1. The first-order valence-electron chi connectivity index (χ1n) is 34.1. The molecule has 1 aliphatic heterocycles. The van der Waals surface area contributed by atoms with E-state index < -0.39 is 0 Å². The van der Waals surface area contributed by atoms with Crippen molar-refractivity contribution in [1.29, 1.82) is 0 Å². The summed E-state index contributed by atoms with van der Waals surface area (Å²) < 4.78 is 62.4. The van der Waals surface area contributed by atoms with Gasteiger partial charge in [0, 0.05) is 115 Å². The van der Waals surface area contributed by atoms with Gasteiger partial charge in [-0.15, -0.1) is 0 Å². The number of carbonyl (C=O) groups is 2. The molecule has 0 atom stereocenters. The maximum absolute atomic E-state index is 13.3. The van der Waals surface area contributed by atoms with Crippen LogP contribution in [0.5, 0.6) is 0 Å². The average molecular weight is 1450 g/mol. The Balaban J connectivity index is 0.000000195. The minimum Gasteiger partial charge on any atom is -0.466 e. The highest BCUT2D eigenvalue weighted by Gasteiger charge is 2.18. The van der Waals surface area contributed by atoms with Crippen molar-refractivity contribution in [3.8, 4) is 44.5 Å². The van der Waals surface area contributed by atoms with Gasteiger partial charge in [-0.25, -0.2) is 43.0 Å². The fourth-order valence-electron chi connectivity index (χ4n) is 10.7. The normalized spacial score (nSPS) is 11.0. The van der Waals surface area contributed by atoms with Gasteiger partial charge in [-0.1, -0.05) is 123 Å². The molecule has 548 valence electrons. The number of amides is 1. The number of nitrogens with two attached hydrogens (primary N) is 1. The highest BCUT2D eigenvalue weighted by atomic mass is 35.5. The third-order valence-corrected chi connectivity index (χ3v) is 16.1. The zero-order valence-corrected chi connectivity index (χ0v) is 59.6. The average Bonchev–Trinajstić information content (AvgIpc) is 1.78. The summed E-state index contributed by atoms with van der Waals surface area (Å²) in [5, 5.41) is 30.9. The lowest BCUT2D eigenvalue weighted by Crippen LogP contribution is -2.20. The van der Waals surface area contributed by atoms with Crippen LogP contribution >= 0.6 is 11.6 Å². The number of nitrogens with zero attached hydrogens (tertiary/aromatic N) is 13. The number of esters is 1. The Morgan fingerprint density at radius 3 is 1.31 bits per heavy atom. The van der Waals surface area contributed by atoms with Crippen LogP contribution in [0.25, 0.3) is 44.5 Å². The first-order valence-corrected chi connectivity index (χ1v) is 34.5. The second kappa shape index (κ2) is 42.7. The van der Waals surface area contributed by atoms with Gasteiger partial charge in [0.05, 0.1) is 6.61 Å². The van der Waals surface area contributed by atoms with Gasteiger partial charge in [-0.2, -0.15) is 15.3 Å². The Morgan fingerprint density at radius 2 is 0.924 bits per heavy atom. The first kappa shape index (κ1) is 80.7. The lowest BCUT2D eigenvalue weighted by atomic mass is 10.1. The molecule has 11 aromatic rings. The molecule has 0 aliphatic carbocycles. The van der Waals surface area contributed by atoms with Gasteiger partial charge in [-0.05, 0) is 174 Å². The molecule has 5 aromatic carbocycles. The van der Waals surface area contributed by atoms with Crippen LogP contribution in [0, 0.1) is 29.3 Å². The lowest BCUT2D eigenvalue weighted by Gasteiger charge is -2.22. The number of carbonyl (C=O) groups excluding carboxylic acids is 2. The van der Waals surface area contributed by atoms with Crippen LogP contribution < -0.4 is 26.3 Å². The number of hydroxylamine groups is 1. The minimum atomic E-state index is -0.339. The summed E-state index contributed by atoms with van der Waals surface area (Å²) in [6.45, 7) is 3.82. The Bertz CT molecular complexity index is 4480. The van der Waals surface area contributed by atoms with Crippen molar-refractivity contribution in [3.05, 3.63) is 254 Å². The zero-order chi connectivity index (χ0) is 74.0. The molecule has 0 fully saturated rings. The molecule has 0 bridgehead atoms. The highest BCUT2D eigenvalue weighted by molar-refractivity contribution is 6.29. The maximum atomic E-state index is 13.3. The fourth-order valence-corrected chi connectivity index (χ4v) is 10.8. The summed E-state index contributed by atoms with van der Waals surface area (Å²) >= 11 is 5.74. The summed E-state index contributed by atoms with van der Waals surface area (Å²) in [5.74, 6) is 3.09. The zero-order valence-electron chi connectivity index (χ0n) is 58.8. The Morgan fingerprint density at radius 1 is 0.505 bits per heavy atom. The van der Waals surface area contributed by atoms with E-state index >= 15 is 0 Å². The Kier molecular flexibility index (Phi) is 32.9. The largest absolute Gasteiger partial charge is 0.466 e. The third-order valence-electron chi connectivity index (χ3n) is 15.9. The first-order chi connectivity index (χ1) is 50.4. The molecule has 0 spiro atoms. The van der Waals surface area contributed by atoms with Crippen LogP contribution in [0.1, 0.15) is 91.4 Å². The molecule has 5 N–H and O–H groups in total. The molecule has 12 rings (SSSR count). The summed E-state index contributed by atoms with van der Waals surface area (Å²) in [7, 11) is 7.45. The molecule has 105 heavy (non-hydrogen) atoms. The molecule has 0 radical (unpaired) electrons. The van der Waals surface area contributed by atoms with E-state index in [0.29, 0.717) is 30.4 Å². The summed E-state index contributed by atoms with van der Waals surface area (Å²) in [6.07, 6.45) is 25.7. The standard InChI is InChI=1S/C25H31FN4O2.C23H28FN5O2.C16H14FN3.C11H7ClFN.C4H6N3.CH4/c1-3-32-25(31)9-7-5-4-6-8-17-30(23-15-18-29(2)28-23)24-19-21(14-16-27-24)20-10-12-22(26)13-11-20;1-28-16-13-21(26-28)29(15-6-4-2-3-5-7-23(30)27-31)22-17-19(12-14-25-22)18-8-10-20(24)11-9-18;1-20-10-9-16(19-20)18-15-4-2-3-13(11-15)12-5-7-14(17)8-6-12;12-11-7-9(5-6-14-11)8-1-3-10(13)4-2-8;1-7-3-2-4(5)6-7;/h10-16,18-19H,3-9,17H2,1-2H3;8-14,16-17,31H,2-7,15H2,1H3,(H,27,30);2-11H,1H3,(H,18,19);1-7H;3H,1H3,(H2,5,6);1H4/q;;;;+1;. The van der Waals surface area contributed by atoms with Crippen molar-refractivity contribution >= 4 is 64.1 Å². The number of nitrogens with one attached hydrogen (secondary N) is 2. The predicted octanol–water partition coefficient (Wildman–Crippen LogP) is 17.9. The van der Waals surface area contributed by atoms with Crippen LogP contribution in [-0.4, -0.2) is 99.0 Å². The molecule has 0 saturated carbocycles. The Labute approximate surface area is 616 Å². The molecule has 25 heteroatoms. The van der Waals surface area contributed by atoms with E-state index in [1.54, 1.807) is 111 Å². The van der Waals surface area contributed by atoms with Gasteiger partial charge >= 0.3 is 17.9 Å². The molecule has 6 aromatic heterocycles. The molecule has 1 amide bonds. The fraction of sp³-hybridized carbons (Fsp3) is 0.263. The number of ether oxygens (including phenoxy) is 1. The van der Waals surface area contributed by atoms with Crippen LogP contribution in [0.2, 0.25) is 5.15 Å². The van der Waals surface area contributed by atoms with Crippen molar-refractivity contribution in [1.82, 2.24) is 54.8 Å². The van der Waals surface area contributed by atoms with E-state index in [0.717, 1.165) is 157 Å². The number of halogens is 5. The van der Waals surface area contributed by atoms with Gasteiger partial charge in [0.2, 0.25) is 5.91 Å². The lowest BCUT2D eigenvalue weighted by molar-refractivity contribution is -0.143. The smallest absolute Gasteiger partial charge is 0.398 e. The molecular weight excluding hydrogens is 1360 g/mol. The summed E-state index contributed by atoms with van der Waals surface area (Å²) in [5.41, 5.74) is 15.5. The topological polar surface area (TPSA) is 228 Å². The molecule has 20 nitrogen and oxygen atoms in total. The predicted molar refractivity (Wildman–Crippen MR) is 409 cm³/mol. The van der Waals surface area contributed by atoms with Gasteiger partial charge in [-0.3, -0.25) is 28.8 Å². The second-order valence-corrected chi connectivity index (χ2v) is 24.4. The van der Waals surface area contributed by atoms with E-state index in [9.17, 15) is 27.2 Å². The van der Waals surface area contributed by atoms with Crippen LogP contribution in [0.15, 0.2) is 224 Å². The number of unbranched alkanes of at least 4 members (excludes halogenated alkanes) is 8. The minimum absolute atomic E-state index is 0. The number of aryl methyl sites for hydroxylation is 3. The van der Waals surface area contributed by atoms with Gasteiger partial charge in [0.15, 0.2) is 17.5 Å². The second-order valence-electron chi connectivity index (χ2n) is 24.0. The van der Waals surface area contributed by atoms with E-state index in [-0.39, 0.29) is 42.6 Å². The van der Waals surface area contributed by atoms with Crippen molar-refractivity contribution in [2.75, 3.05) is 41.9 Å². The summed E-state index contributed by atoms with van der Waals surface area (Å²) in [6, 6.07) is 50.9. The number of hydrazone groups is 1. The molecule has 1 aliphatic rings. The molecule has 7 heterocycles. The van der Waals surface area contributed by atoms with Gasteiger partial charge < -0.3 is 25.6 Å². The number of benzene rings is 5. The van der Waals surface area contributed by atoms with E-state index in [4.69, 9.17) is 27.3 Å². The van der Waals surface area contributed by atoms with Gasteiger partial charge in [0.25, 0.3) is 6.20 Å². The number of hydrogen-bond acceptors (Lipinski definition) is 16. The number of anilines is 6. The van der Waals surface area contributed by atoms with Crippen molar-refractivity contribution < 1.29 is 37.1 Å². The number of pyridine rings is 3. The Hall–Kier alpha value is -11.6. The van der Waals surface area contributed by atoms with Crippen molar-refractivity contribution in [3.63, 3.8) is 0 Å². The molecule has 0 saturated heterocycles. The van der Waals surface area contributed by atoms with Crippen LogP contribution in [0.3, 0.4) is 0 Å². The van der Waals surface area contributed by atoms with E-state index in [1.165, 1.54) is 48.5 Å². The maximum Gasteiger partial charge on any atom is 0.398 e. The van der Waals surface area contributed by atoms with E-state index in [1.807, 2.05) is 119 Å². The molecule has 0 unspecified atom stereocenters. The number of hydrogen-bond donors (Lipinski definition) is 4. The van der Waals surface area contributed by atoms with Gasteiger partial charge in [0.1, 0.15) is 40.1 Å². The number of rotatable bonds is 27. The monoisotopic (exact) mass is 1450 g/mol. The quantitative estimate of drug-likeness (QED) is 0.00714. The van der Waals surface area contributed by atoms with Crippen molar-refractivity contribution in [2.24, 2.45) is 32.0 Å². The van der Waals surface area contributed by atoms with E-state index in [2.05, 4.69) is 56.5 Å². The summed E-state index contributed by atoms with van der Waals surface area (Å²) in [4.78, 5) is 39.7.